The molecule has 0 radical (unpaired) electrons. The van der Waals surface area contributed by atoms with Crippen molar-refractivity contribution >= 4 is 11.9 Å². The van der Waals surface area contributed by atoms with Gasteiger partial charge >= 0.3 is 5.97 Å². The number of aliphatic hydroxyl groups is 1. The van der Waals surface area contributed by atoms with Crippen LogP contribution in [0.4, 0.5) is 0 Å². The van der Waals surface area contributed by atoms with Crippen LogP contribution in [0.2, 0.25) is 0 Å². The summed E-state index contributed by atoms with van der Waals surface area (Å²) in [5, 5.41) is 21.4. The molecule has 0 spiro atoms. The Morgan fingerprint density at radius 3 is 2.09 bits per heavy atom. The number of carbonyl (C=O) groups excluding carboxylic acids is 1. The maximum absolute atomic E-state index is 12.5. The van der Waals surface area contributed by atoms with Crippen LogP contribution in [0.25, 0.3) is 11.1 Å². The average molecular weight is 720 g/mol. The highest BCUT2D eigenvalue weighted by molar-refractivity contribution is 5.76. The third-order valence-corrected chi connectivity index (χ3v) is 10.2. The number of carboxylic acids is 1. The molecule has 2 aliphatic heterocycles. The predicted molar refractivity (Wildman–Crippen MR) is 206 cm³/mol. The standard InChI is InChI=1S/C44H53N3O6/c48-32-34-18-20-36(21-19-34)41-28-40(31-47-24-22-46(23-25-47)30-33-10-4-3-5-11-33)52-44(53-41)39-15-9-14-38(27-39)37-13-8-12-35(26-37)29-45-42(49)16-6-1-2-7-17-43(50)51/h3-5,8-15,18-21,26-27,40-41,44,48H,1-2,6-7,16-17,22-25,28-32H2,(H,45,49)(H,50,51). The summed E-state index contributed by atoms with van der Waals surface area (Å²) < 4.78 is 13.4. The van der Waals surface area contributed by atoms with E-state index >= 15 is 0 Å². The number of hydrogen-bond donors (Lipinski definition) is 3. The fourth-order valence-electron chi connectivity index (χ4n) is 7.22. The van der Waals surface area contributed by atoms with Gasteiger partial charge in [-0.25, -0.2) is 0 Å². The number of piperazine rings is 1. The van der Waals surface area contributed by atoms with Gasteiger partial charge in [-0.15, -0.1) is 0 Å². The van der Waals surface area contributed by atoms with Gasteiger partial charge in [0.05, 0.1) is 18.8 Å². The van der Waals surface area contributed by atoms with Gasteiger partial charge in [-0.2, -0.15) is 0 Å². The number of carbonyl (C=O) groups is 2. The van der Waals surface area contributed by atoms with Gasteiger partial charge in [-0.3, -0.25) is 19.4 Å². The van der Waals surface area contributed by atoms with Crippen molar-refractivity contribution in [2.24, 2.45) is 0 Å². The molecule has 6 rings (SSSR count). The molecule has 3 atom stereocenters. The Morgan fingerprint density at radius 1 is 0.679 bits per heavy atom. The molecule has 3 unspecified atom stereocenters. The van der Waals surface area contributed by atoms with Crippen LogP contribution in [0.15, 0.2) is 103 Å². The van der Waals surface area contributed by atoms with Crippen molar-refractivity contribution in [2.75, 3.05) is 32.7 Å². The lowest BCUT2D eigenvalue weighted by Crippen LogP contribution is -2.49. The normalized spacial score (nSPS) is 19.5. The lowest BCUT2D eigenvalue weighted by Gasteiger charge is -2.41. The summed E-state index contributed by atoms with van der Waals surface area (Å²) in [6.07, 6.45) is 3.75. The van der Waals surface area contributed by atoms with Crippen molar-refractivity contribution in [3.63, 3.8) is 0 Å². The number of unbranched alkanes of at least 4 members (excludes halogenated alkanes) is 3. The van der Waals surface area contributed by atoms with Crippen LogP contribution in [0.3, 0.4) is 0 Å². The minimum absolute atomic E-state index is 0.00593. The van der Waals surface area contributed by atoms with Gasteiger partial charge in [0.25, 0.3) is 0 Å². The smallest absolute Gasteiger partial charge is 0.303 e. The van der Waals surface area contributed by atoms with E-state index in [4.69, 9.17) is 14.6 Å². The lowest BCUT2D eigenvalue weighted by atomic mass is 9.98. The number of nitrogens with zero attached hydrogens (tertiary/aromatic N) is 2. The van der Waals surface area contributed by atoms with Crippen molar-refractivity contribution in [1.29, 1.82) is 0 Å². The van der Waals surface area contributed by atoms with Crippen LogP contribution in [0, 0.1) is 0 Å². The molecule has 2 aliphatic rings. The van der Waals surface area contributed by atoms with Crippen molar-refractivity contribution in [1.82, 2.24) is 15.1 Å². The van der Waals surface area contributed by atoms with E-state index in [1.165, 1.54) is 5.56 Å². The average Bonchev–Trinajstić information content (AvgIpc) is 3.19. The molecule has 0 bridgehead atoms. The van der Waals surface area contributed by atoms with Gasteiger partial charge in [0.2, 0.25) is 5.91 Å². The molecule has 4 aromatic rings. The summed E-state index contributed by atoms with van der Waals surface area (Å²) in [6, 6.07) is 35.3. The highest BCUT2D eigenvalue weighted by Gasteiger charge is 2.34. The molecule has 0 saturated carbocycles. The maximum Gasteiger partial charge on any atom is 0.303 e. The highest BCUT2D eigenvalue weighted by Crippen LogP contribution is 2.39. The second-order valence-corrected chi connectivity index (χ2v) is 14.3. The molecular weight excluding hydrogens is 666 g/mol. The minimum Gasteiger partial charge on any atom is -0.481 e. The molecule has 4 aromatic carbocycles. The Kier molecular flexibility index (Phi) is 14.2. The molecule has 2 fully saturated rings. The third kappa shape index (κ3) is 11.8. The Hall–Kier alpha value is -4.38. The number of carboxylic acid groups (broad SMARTS) is 1. The van der Waals surface area contributed by atoms with E-state index in [-0.39, 0.29) is 31.1 Å². The second kappa shape index (κ2) is 19.6. The number of benzene rings is 4. The summed E-state index contributed by atoms with van der Waals surface area (Å²) in [5.41, 5.74) is 7.38. The summed E-state index contributed by atoms with van der Waals surface area (Å²) in [7, 11) is 0. The first kappa shape index (κ1) is 38.3. The molecular formula is C44H53N3O6. The van der Waals surface area contributed by atoms with Gasteiger partial charge in [0.15, 0.2) is 6.29 Å². The molecule has 0 aromatic heterocycles. The molecule has 3 N–H and O–H groups in total. The minimum atomic E-state index is -0.772. The molecule has 2 saturated heterocycles. The lowest BCUT2D eigenvalue weighted by molar-refractivity contribution is -0.253. The van der Waals surface area contributed by atoms with Gasteiger partial charge in [-0.05, 0) is 58.4 Å². The SMILES string of the molecule is O=C(O)CCCCCCC(=O)NCc1cccc(-c2cccc(C3OC(CN4CCN(Cc5ccccc5)CC4)CC(c4ccc(CO)cc4)O3)c2)c1. The molecule has 0 aliphatic carbocycles. The van der Waals surface area contributed by atoms with Crippen molar-refractivity contribution in [2.45, 2.75) is 83.1 Å². The van der Waals surface area contributed by atoms with Crippen molar-refractivity contribution < 1.29 is 29.3 Å². The Morgan fingerprint density at radius 2 is 1.36 bits per heavy atom. The summed E-state index contributed by atoms with van der Waals surface area (Å²) >= 11 is 0. The quantitative estimate of drug-likeness (QED) is 0.0980. The molecule has 53 heavy (non-hydrogen) atoms. The van der Waals surface area contributed by atoms with Crippen LogP contribution in [0.1, 0.15) is 85.2 Å². The number of aliphatic carboxylic acids is 1. The zero-order valence-corrected chi connectivity index (χ0v) is 30.6. The first-order valence-corrected chi connectivity index (χ1v) is 19.1. The van der Waals surface area contributed by atoms with Gasteiger partial charge in [0.1, 0.15) is 0 Å². The van der Waals surface area contributed by atoms with Gasteiger partial charge in [0, 0.05) is 70.6 Å². The van der Waals surface area contributed by atoms with Gasteiger partial charge in [-0.1, -0.05) is 104 Å². The number of aliphatic hydroxyl groups excluding tert-OH is 1. The van der Waals surface area contributed by atoms with E-state index < -0.39 is 12.3 Å². The number of nitrogens with one attached hydrogen (secondary N) is 1. The maximum atomic E-state index is 12.5. The van der Waals surface area contributed by atoms with Crippen LogP contribution < -0.4 is 5.32 Å². The fraction of sp³-hybridized carbons (Fsp3) is 0.409. The number of ether oxygens (including phenoxy) is 2. The van der Waals surface area contributed by atoms with Crippen LogP contribution in [0.5, 0.6) is 0 Å². The highest BCUT2D eigenvalue weighted by atomic mass is 16.7. The largest absolute Gasteiger partial charge is 0.481 e. The van der Waals surface area contributed by atoms with E-state index in [1.54, 1.807) is 0 Å². The summed E-state index contributed by atoms with van der Waals surface area (Å²) in [5.74, 6) is -0.766. The molecule has 1 amide bonds. The van der Waals surface area contributed by atoms with E-state index in [1.807, 2.05) is 30.3 Å². The van der Waals surface area contributed by atoms with E-state index in [9.17, 15) is 14.7 Å². The van der Waals surface area contributed by atoms with Crippen LogP contribution >= 0.6 is 0 Å². The Labute approximate surface area is 313 Å². The zero-order valence-electron chi connectivity index (χ0n) is 30.6. The predicted octanol–water partition coefficient (Wildman–Crippen LogP) is 7.25. The topological polar surface area (TPSA) is 112 Å². The summed E-state index contributed by atoms with van der Waals surface area (Å²) in [4.78, 5) is 28.2. The van der Waals surface area contributed by atoms with Crippen LogP contribution in [-0.2, 0) is 38.8 Å². The fourth-order valence-corrected chi connectivity index (χ4v) is 7.22. The second-order valence-electron chi connectivity index (χ2n) is 14.3. The number of hydrogen-bond acceptors (Lipinski definition) is 7. The van der Waals surface area contributed by atoms with Crippen molar-refractivity contribution in [3.05, 3.63) is 131 Å². The van der Waals surface area contributed by atoms with E-state index in [2.05, 4.69) is 87.9 Å². The molecule has 2 heterocycles. The first-order chi connectivity index (χ1) is 25.9. The molecule has 9 nitrogen and oxygen atoms in total. The summed E-state index contributed by atoms with van der Waals surface area (Å²) in [6.45, 7) is 6.30. The molecule has 280 valence electrons. The molecule has 9 heteroatoms. The van der Waals surface area contributed by atoms with Gasteiger partial charge < -0.3 is 25.0 Å². The Balaban J connectivity index is 1.08. The monoisotopic (exact) mass is 719 g/mol. The van der Waals surface area contributed by atoms with E-state index in [0.29, 0.717) is 19.4 Å². The zero-order chi connectivity index (χ0) is 36.8. The number of rotatable bonds is 17. The van der Waals surface area contributed by atoms with Crippen LogP contribution in [-0.4, -0.2) is 70.7 Å². The van der Waals surface area contributed by atoms with Crippen molar-refractivity contribution in [3.8, 4) is 11.1 Å². The number of amides is 1. The van der Waals surface area contributed by atoms with E-state index in [0.717, 1.165) is 98.3 Å². The first-order valence-electron chi connectivity index (χ1n) is 19.1. The Bertz CT molecular complexity index is 1740. The third-order valence-electron chi connectivity index (χ3n) is 10.2.